The molecule has 4 nitrogen and oxygen atoms in total. The van der Waals surface area contributed by atoms with Crippen LogP contribution in [-0.2, 0) is 6.42 Å². The van der Waals surface area contributed by atoms with Gasteiger partial charge in [-0.05, 0) is 44.6 Å². The van der Waals surface area contributed by atoms with Crippen LogP contribution in [0.4, 0.5) is 0 Å². The van der Waals surface area contributed by atoms with Crippen LogP contribution < -0.4 is 0 Å². The van der Waals surface area contributed by atoms with Crippen molar-refractivity contribution in [1.82, 2.24) is 14.8 Å². The van der Waals surface area contributed by atoms with Crippen LogP contribution in [0.2, 0.25) is 0 Å². The molecule has 4 rings (SSSR count). The predicted octanol–water partition coefficient (Wildman–Crippen LogP) is 4.42. The smallest absolute Gasteiger partial charge is 0.192 e. The summed E-state index contributed by atoms with van der Waals surface area (Å²) in [6.45, 7) is 4.10. The molecular weight excluding hydrogens is 318 g/mol. The predicted molar refractivity (Wildman–Crippen MR) is 95.7 cm³/mol. The molecule has 2 fully saturated rings. The molecule has 5 heteroatoms. The lowest BCUT2D eigenvalue weighted by molar-refractivity contribution is 0.0994. The number of aryl methyl sites for hydroxylation is 1. The minimum absolute atomic E-state index is 0.147. The van der Waals surface area contributed by atoms with E-state index in [0.717, 1.165) is 23.0 Å². The van der Waals surface area contributed by atoms with Gasteiger partial charge in [-0.25, -0.2) is 0 Å². The van der Waals surface area contributed by atoms with E-state index < -0.39 is 0 Å². The molecule has 0 saturated heterocycles. The van der Waals surface area contributed by atoms with Gasteiger partial charge in [0, 0.05) is 17.5 Å². The standard InChI is InChI=1S/C19H23N3OS/c1-3-13-4-6-14(7-5-13)17(23)12(2)24-19-21-20-18(15-8-9-15)22(19)16-10-11-16/h4-7,12,15-16H,3,8-11H2,1-2H3/t12-/m1/s1. The molecule has 0 bridgehead atoms. The Morgan fingerprint density at radius 2 is 1.92 bits per heavy atom. The largest absolute Gasteiger partial charge is 0.303 e. The topological polar surface area (TPSA) is 47.8 Å². The minimum Gasteiger partial charge on any atom is -0.303 e. The van der Waals surface area contributed by atoms with Crippen molar-refractivity contribution in [3.63, 3.8) is 0 Å². The number of nitrogens with zero attached hydrogens (tertiary/aromatic N) is 3. The number of ketones is 1. The van der Waals surface area contributed by atoms with Crippen LogP contribution in [0.3, 0.4) is 0 Å². The van der Waals surface area contributed by atoms with Crippen LogP contribution in [0.1, 0.15) is 73.2 Å². The summed E-state index contributed by atoms with van der Waals surface area (Å²) >= 11 is 1.56. The zero-order valence-corrected chi connectivity index (χ0v) is 15.1. The number of aromatic nitrogens is 3. The van der Waals surface area contributed by atoms with E-state index in [2.05, 4.69) is 21.7 Å². The Morgan fingerprint density at radius 3 is 2.50 bits per heavy atom. The Balaban J connectivity index is 1.51. The van der Waals surface area contributed by atoms with Crippen LogP contribution in [0.15, 0.2) is 29.4 Å². The first kappa shape index (κ1) is 15.9. The van der Waals surface area contributed by atoms with Gasteiger partial charge < -0.3 is 4.57 Å². The molecule has 0 unspecified atom stereocenters. The second kappa shape index (κ2) is 6.36. The Morgan fingerprint density at radius 1 is 1.21 bits per heavy atom. The maximum absolute atomic E-state index is 12.7. The first-order valence-corrected chi connectivity index (χ1v) is 9.80. The van der Waals surface area contributed by atoms with Gasteiger partial charge in [-0.15, -0.1) is 10.2 Å². The summed E-state index contributed by atoms with van der Waals surface area (Å²) < 4.78 is 2.31. The lowest BCUT2D eigenvalue weighted by Crippen LogP contribution is -2.15. The highest BCUT2D eigenvalue weighted by molar-refractivity contribution is 8.00. The Labute approximate surface area is 147 Å². The Hall–Kier alpha value is -1.62. The van der Waals surface area contributed by atoms with Crippen LogP contribution in [0.5, 0.6) is 0 Å². The van der Waals surface area contributed by atoms with E-state index in [-0.39, 0.29) is 11.0 Å². The molecule has 2 aromatic rings. The number of benzene rings is 1. The number of thioether (sulfide) groups is 1. The van der Waals surface area contributed by atoms with Gasteiger partial charge in [0.05, 0.1) is 5.25 Å². The van der Waals surface area contributed by atoms with Crippen LogP contribution >= 0.6 is 11.8 Å². The number of carbonyl (C=O) groups excluding carboxylic acids is 1. The van der Waals surface area contributed by atoms with Crippen molar-refractivity contribution < 1.29 is 4.79 Å². The van der Waals surface area contributed by atoms with Gasteiger partial charge in [0.1, 0.15) is 5.82 Å². The molecule has 1 atom stereocenters. The number of carbonyl (C=O) groups is 1. The lowest BCUT2D eigenvalue weighted by Gasteiger charge is -2.12. The summed E-state index contributed by atoms with van der Waals surface area (Å²) in [4.78, 5) is 12.7. The van der Waals surface area contributed by atoms with Gasteiger partial charge in [-0.2, -0.15) is 0 Å². The average molecular weight is 341 g/mol. The highest BCUT2D eigenvalue weighted by Crippen LogP contribution is 2.46. The SMILES string of the molecule is CCc1ccc(C(=O)[C@@H](C)Sc2nnc(C3CC3)n2C2CC2)cc1. The van der Waals surface area contributed by atoms with E-state index in [1.165, 1.54) is 31.2 Å². The Bertz CT molecular complexity index is 744. The van der Waals surface area contributed by atoms with Crippen molar-refractivity contribution in [3.8, 4) is 0 Å². The zero-order chi connectivity index (χ0) is 16.7. The molecular formula is C19H23N3OS. The summed E-state index contributed by atoms with van der Waals surface area (Å²) in [5.74, 6) is 1.91. The molecule has 0 N–H and O–H groups in total. The van der Waals surface area contributed by atoms with Gasteiger partial charge in [0.2, 0.25) is 0 Å². The third-order valence-corrected chi connectivity index (χ3v) is 5.90. The van der Waals surface area contributed by atoms with Gasteiger partial charge >= 0.3 is 0 Å². The van der Waals surface area contributed by atoms with Crippen molar-refractivity contribution >= 4 is 17.5 Å². The van der Waals surface area contributed by atoms with Crippen molar-refractivity contribution in [2.24, 2.45) is 0 Å². The van der Waals surface area contributed by atoms with Crippen LogP contribution in [-0.4, -0.2) is 25.8 Å². The third kappa shape index (κ3) is 3.14. The molecule has 2 aliphatic rings. The van der Waals surface area contributed by atoms with E-state index in [1.807, 2.05) is 31.2 Å². The number of hydrogen-bond acceptors (Lipinski definition) is 4. The minimum atomic E-state index is -0.147. The van der Waals surface area contributed by atoms with E-state index >= 15 is 0 Å². The fourth-order valence-electron chi connectivity index (χ4n) is 3.02. The zero-order valence-electron chi connectivity index (χ0n) is 14.2. The maximum Gasteiger partial charge on any atom is 0.192 e. The lowest BCUT2D eigenvalue weighted by atomic mass is 10.1. The third-order valence-electron chi connectivity index (χ3n) is 4.84. The average Bonchev–Trinajstić information content (AvgIpc) is 3.53. The maximum atomic E-state index is 12.7. The fraction of sp³-hybridized carbons (Fsp3) is 0.526. The van der Waals surface area contributed by atoms with Gasteiger partial charge in [0.15, 0.2) is 10.9 Å². The van der Waals surface area contributed by atoms with Gasteiger partial charge in [-0.3, -0.25) is 4.79 Å². The van der Waals surface area contributed by atoms with Gasteiger partial charge in [0.25, 0.3) is 0 Å². The first-order valence-electron chi connectivity index (χ1n) is 8.92. The highest BCUT2D eigenvalue weighted by atomic mass is 32.2. The number of Topliss-reactive ketones (excluding diaryl/α,β-unsaturated/α-hetero) is 1. The number of rotatable bonds is 7. The van der Waals surface area contributed by atoms with E-state index in [4.69, 9.17) is 0 Å². The molecule has 2 saturated carbocycles. The molecule has 2 aliphatic carbocycles. The van der Waals surface area contributed by atoms with Crippen molar-refractivity contribution in [3.05, 3.63) is 41.2 Å². The second-order valence-electron chi connectivity index (χ2n) is 6.89. The highest BCUT2D eigenvalue weighted by Gasteiger charge is 2.37. The van der Waals surface area contributed by atoms with E-state index in [0.29, 0.717) is 12.0 Å². The van der Waals surface area contributed by atoms with Crippen molar-refractivity contribution in [2.75, 3.05) is 0 Å². The molecule has 1 aromatic carbocycles. The normalized spacial score (nSPS) is 18.6. The first-order chi connectivity index (χ1) is 11.7. The summed E-state index contributed by atoms with van der Waals surface area (Å²) in [6.07, 6.45) is 5.88. The molecule has 0 aliphatic heterocycles. The van der Waals surface area contributed by atoms with E-state index in [9.17, 15) is 4.79 Å². The molecule has 126 valence electrons. The second-order valence-corrected chi connectivity index (χ2v) is 8.20. The summed E-state index contributed by atoms with van der Waals surface area (Å²) in [6, 6.07) is 8.54. The van der Waals surface area contributed by atoms with Crippen LogP contribution in [0, 0.1) is 0 Å². The van der Waals surface area contributed by atoms with Crippen molar-refractivity contribution in [1.29, 1.82) is 0 Å². The Kier molecular flexibility index (Phi) is 4.21. The van der Waals surface area contributed by atoms with Crippen molar-refractivity contribution in [2.45, 2.75) is 68.3 Å². The monoisotopic (exact) mass is 341 g/mol. The summed E-state index contributed by atoms with van der Waals surface area (Å²) in [7, 11) is 0. The molecule has 1 aromatic heterocycles. The fourth-order valence-corrected chi connectivity index (χ4v) is 4.02. The van der Waals surface area contributed by atoms with Crippen LogP contribution in [0.25, 0.3) is 0 Å². The van der Waals surface area contributed by atoms with E-state index in [1.54, 1.807) is 11.8 Å². The molecule has 24 heavy (non-hydrogen) atoms. The summed E-state index contributed by atoms with van der Waals surface area (Å²) in [5.41, 5.74) is 2.04. The summed E-state index contributed by atoms with van der Waals surface area (Å²) in [5, 5.41) is 9.61. The molecule has 1 heterocycles. The molecule has 0 amide bonds. The quantitative estimate of drug-likeness (QED) is 0.552. The number of hydrogen-bond donors (Lipinski definition) is 0. The molecule has 0 radical (unpaired) electrons. The molecule has 0 spiro atoms. The van der Waals surface area contributed by atoms with Gasteiger partial charge in [-0.1, -0.05) is 43.0 Å².